The van der Waals surface area contributed by atoms with Crippen molar-refractivity contribution < 1.29 is 23.1 Å². The highest BCUT2D eigenvalue weighted by Crippen LogP contribution is 2.27. The minimum absolute atomic E-state index is 0.0290. The summed E-state index contributed by atoms with van der Waals surface area (Å²) in [6.07, 6.45) is -3.37. The van der Waals surface area contributed by atoms with Crippen LogP contribution in [0.4, 0.5) is 13.2 Å². The van der Waals surface area contributed by atoms with Gasteiger partial charge in [0.05, 0.1) is 0 Å². The number of rotatable bonds is 3. The molecule has 17 heavy (non-hydrogen) atoms. The first-order valence-corrected chi connectivity index (χ1v) is 4.55. The molecule has 0 spiro atoms. The van der Waals surface area contributed by atoms with Gasteiger partial charge in [0.25, 0.3) is 0 Å². The van der Waals surface area contributed by atoms with Gasteiger partial charge in [-0.3, -0.25) is 0 Å². The van der Waals surface area contributed by atoms with Crippen LogP contribution in [0, 0.1) is 0 Å². The van der Waals surface area contributed by atoms with Gasteiger partial charge in [-0.1, -0.05) is 16.8 Å². The molecule has 1 rings (SSSR count). The van der Waals surface area contributed by atoms with Crippen molar-refractivity contribution >= 4 is 17.4 Å². The van der Waals surface area contributed by atoms with Crippen LogP contribution in [-0.2, 0) is 0 Å². The Hall–Kier alpha value is -1.70. The average Bonchev–Trinajstić information content (AvgIpc) is 2.25. The highest BCUT2D eigenvalue weighted by atomic mass is 35.5. The summed E-state index contributed by atoms with van der Waals surface area (Å²) in [6, 6.07) is 1.28. The van der Waals surface area contributed by atoms with Gasteiger partial charge in [-0.15, -0.1) is 0 Å². The van der Waals surface area contributed by atoms with Crippen molar-refractivity contribution in [1.82, 2.24) is 4.98 Å². The van der Waals surface area contributed by atoms with E-state index < -0.39 is 18.7 Å². The number of alkyl halides is 3. The lowest BCUT2D eigenvalue weighted by Gasteiger charge is -2.10. The molecule has 0 bridgehead atoms. The molecular formula is C8H7ClF3N3O2. The molecule has 5 nitrogen and oxygen atoms in total. The largest absolute Gasteiger partial charge is 0.467 e. The lowest BCUT2D eigenvalue weighted by molar-refractivity contribution is -0.154. The molecule has 0 aliphatic rings. The van der Waals surface area contributed by atoms with Gasteiger partial charge >= 0.3 is 6.18 Å². The second-order valence-electron chi connectivity index (χ2n) is 2.87. The summed E-state index contributed by atoms with van der Waals surface area (Å²) in [4.78, 5) is 3.51. The molecule has 0 amide bonds. The van der Waals surface area contributed by atoms with E-state index in [1.165, 1.54) is 6.07 Å². The van der Waals surface area contributed by atoms with Crippen LogP contribution in [-0.4, -0.2) is 28.8 Å². The van der Waals surface area contributed by atoms with E-state index in [0.717, 1.165) is 6.20 Å². The molecule has 1 heterocycles. The molecule has 1 aromatic rings. The molecule has 0 fully saturated rings. The Kier molecular flexibility index (Phi) is 4.00. The van der Waals surface area contributed by atoms with E-state index in [4.69, 9.17) is 22.5 Å². The van der Waals surface area contributed by atoms with Crippen molar-refractivity contribution in [2.75, 3.05) is 6.61 Å². The van der Waals surface area contributed by atoms with E-state index >= 15 is 0 Å². The molecule has 0 aliphatic heterocycles. The van der Waals surface area contributed by atoms with Crippen LogP contribution in [0.5, 0.6) is 5.88 Å². The monoisotopic (exact) mass is 269 g/mol. The van der Waals surface area contributed by atoms with Crippen LogP contribution in [0.15, 0.2) is 17.4 Å². The number of amidine groups is 1. The van der Waals surface area contributed by atoms with Crippen LogP contribution in [0.3, 0.4) is 0 Å². The van der Waals surface area contributed by atoms with E-state index in [0.29, 0.717) is 0 Å². The molecule has 1 aromatic heterocycles. The lowest BCUT2D eigenvalue weighted by Crippen LogP contribution is -2.20. The predicted octanol–water partition coefficient (Wildman–Crippen LogP) is 1.77. The van der Waals surface area contributed by atoms with Crippen molar-refractivity contribution in [3.05, 3.63) is 22.8 Å². The topological polar surface area (TPSA) is 80.7 Å². The van der Waals surface area contributed by atoms with Gasteiger partial charge in [-0.05, 0) is 6.07 Å². The maximum Gasteiger partial charge on any atom is 0.422 e. The third-order valence-electron chi connectivity index (χ3n) is 1.61. The number of pyridine rings is 1. The molecule has 9 heteroatoms. The smallest absolute Gasteiger partial charge is 0.422 e. The van der Waals surface area contributed by atoms with Crippen LogP contribution in [0.25, 0.3) is 0 Å². The maximum atomic E-state index is 11.9. The summed E-state index contributed by atoms with van der Waals surface area (Å²) in [7, 11) is 0. The number of oxime groups is 1. The first-order valence-electron chi connectivity index (χ1n) is 4.17. The molecule has 0 saturated heterocycles. The summed E-state index contributed by atoms with van der Waals surface area (Å²) in [6.45, 7) is -1.53. The molecule has 0 atom stereocenters. The molecule has 0 aromatic carbocycles. The Morgan fingerprint density at radius 3 is 2.76 bits per heavy atom. The maximum absolute atomic E-state index is 11.9. The van der Waals surface area contributed by atoms with Gasteiger partial charge in [0.2, 0.25) is 5.88 Å². The second kappa shape index (κ2) is 5.09. The minimum atomic E-state index is -4.50. The predicted molar refractivity (Wildman–Crippen MR) is 53.3 cm³/mol. The normalized spacial score (nSPS) is 12.6. The summed E-state index contributed by atoms with van der Waals surface area (Å²) in [5.41, 5.74) is 5.28. The summed E-state index contributed by atoms with van der Waals surface area (Å²) in [5.74, 6) is -0.789. The number of nitrogens with zero attached hydrogens (tertiary/aromatic N) is 2. The number of hydrogen-bond donors (Lipinski definition) is 2. The van der Waals surface area contributed by atoms with E-state index in [1.54, 1.807) is 0 Å². The average molecular weight is 270 g/mol. The minimum Gasteiger partial charge on any atom is -0.467 e. The number of nitrogens with two attached hydrogens (primary N) is 1. The van der Waals surface area contributed by atoms with Gasteiger partial charge in [-0.2, -0.15) is 13.2 Å². The third-order valence-corrected chi connectivity index (χ3v) is 1.98. The van der Waals surface area contributed by atoms with Crippen molar-refractivity contribution in [2.45, 2.75) is 6.18 Å². The number of hydrogen-bond acceptors (Lipinski definition) is 4. The van der Waals surface area contributed by atoms with Crippen molar-refractivity contribution in [3.63, 3.8) is 0 Å². The Bertz CT molecular complexity index is 437. The van der Waals surface area contributed by atoms with Crippen LogP contribution >= 0.6 is 11.6 Å². The van der Waals surface area contributed by atoms with Gasteiger partial charge in [0.15, 0.2) is 12.4 Å². The third kappa shape index (κ3) is 3.66. The molecule has 0 radical (unpaired) electrons. The molecule has 0 saturated carbocycles. The second-order valence-corrected chi connectivity index (χ2v) is 3.24. The Morgan fingerprint density at radius 1 is 1.59 bits per heavy atom. The molecule has 0 aliphatic carbocycles. The van der Waals surface area contributed by atoms with Gasteiger partial charge in [0.1, 0.15) is 5.02 Å². The highest BCUT2D eigenvalue weighted by molar-refractivity contribution is 6.35. The van der Waals surface area contributed by atoms with Crippen LogP contribution in [0.1, 0.15) is 5.56 Å². The van der Waals surface area contributed by atoms with E-state index in [9.17, 15) is 13.2 Å². The number of halogens is 4. The quantitative estimate of drug-likeness (QED) is 0.379. The summed E-state index contributed by atoms with van der Waals surface area (Å²) < 4.78 is 40.1. The first-order chi connectivity index (χ1) is 7.85. The van der Waals surface area contributed by atoms with Crippen molar-refractivity contribution in [3.8, 4) is 5.88 Å². The van der Waals surface area contributed by atoms with Crippen molar-refractivity contribution in [1.29, 1.82) is 0 Å². The van der Waals surface area contributed by atoms with Gasteiger partial charge in [0, 0.05) is 11.8 Å². The van der Waals surface area contributed by atoms with Crippen LogP contribution < -0.4 is 10.5 Å². The summed E-state index contributed by atoms with van der Waals surface area (Å²) >= 11 is 5.68. The molecule has 0 unspecified atom stereocenters. The Labute approximate surface area is 98.6 Å². The number of aromatic nitrogens is 1. The van der Waals surface area contributed by atoms with E-state index in [-0.39, 0.29) is 16.4 Å². The Morgan fingerprint density at radius 2 is 2.24 bits per heavy atom. The first kappa shape index (κ1) is 13.4. The fraction of sp³-hybridized carbons (Fsp3) is 0.250. The van der Waals surface area contributed by atoms with E-state index in [2.05, 4.69) is 14.9 Å². The fourth-order valence-corrected chi connectivity index (χ4v) is 1.19. The molecule has 3 N–H and O–H groups in total. The van der Waals surface area contributed by atoms with Crippen LogP contribution in [0.2, 0.25) is 5.02 Å². The van der Waals surface area contributed by atoms with Gasteiger partial charge in [-0.25, -0.2) is 4.98 Å². The summed E-state index contributed by atoms with van der Waals surface area (Å²) in [5, 5.41) is 10.8. The zero-order valence-corrected chi connectivity index (χ0v) is 8.96. The number of ether oxygens (including phenoxy) is 1. The van der Waals surface area contributed by atoms with Crippen molar-refractivity contribution in [2.24, 2.45) is 10.9 Å². The standard InChI is InChI=1S/C8H7ClF3N3O2/c9-5-4(6(13)15-16)1-2-14-7(5)17-3-8(10,11)12/h1-2,16H,3H2,(H2,13,15). The van der Waals surface area contributed by atoms with E-state index in [1.807, 2.05) is 0 Å². The SMILES string of the molecule is N/C(=N/O)c1ccnc(OCC(F)(F)F)c1Cl. The lowest BCUT2D eigenvalue weighted by atomic mass is 10.2. The molecular weight excluding hydrogens is 263 g/mol. The molecule has 94 valence electrons. The highest BCUT2D eigenvalue weighted by Gasteiger charge is 2.29. The zero-order chi connectivity index (χ0) is 13.1. The zero-order valence-electron chi connectivity index (χ0n) is 8.20. The fourth-order valence-electron chi connectivity index (χ4n) is 0.927. The Balaban J connectivity index is 2.95. The van der Waals surface area contributed by atoms with Gasteiger partial charge < -0.3 is 15.7 Å².